The van der Waals surface area contributed by atoms with Gasteiger partial charge in [0.05, 0.1) is 6.61 Å². The normalized spacial score (nSPS) is 35.3. The van der Waals surface area contributed by atoms with Crippen molar-refractivity contribution < 1.29 is 4.74 Å². The molecule has 3 heteroatoms. The Labute approximate surface area is 106 Å². The third kappa shape index (κ3) is 3.94. The molecule has 2 heterocycles. The van der Waals surface area contributed by atoms with Crippen LogP contribution in [0.25, 0.3) is 0 Å². The third-order valence-corrected chi connectivity index (χ3v) is 4.40. The van der Waals surface area contributed by atoms with Gasteiger partial charge in [0.2, 0.25) is 0 Å². The maximum absolute atomic E-state index is 5.23. The van der Waals surface area contributed by atoms with Crippen LogP contribution in [0.5, 0.6) is 0 Å². The van der Waals surface area contributed by atoms with E-state index >= 15 is 0 Å². The standard InChI is InChI=1S/C14H28N2O/c1-3-16-6-4-5-12(10-16)7-13-8-14(11-17-2)15-9-13/h12-15H,3-11H2,1-2H3. The van der Waals surface area contributed by atoms with Gasteiger partial charge in [-0.15, -0.1) is 0 Å². The van der Waals surface area contributed by atoms with Crippen LogP contribution in [0.2, 0.25) is 0 Å². The molecule has 3 nitrogen and oxygen atoms in total. The quantitative estimate of drug-likeness (QED) is 0.792. The van der Waals surface area contributed by atoms with Crippen LogP contribution in [0.15, 0.2) is 0 Å². The Hall–Kier alpha value is -0.120. The molecule has 1 N–H and O–H groups in total. The molecule has 0 aliphatic carbocycles. The number of ether oxygens (including phenoxy) is 1. The Morgan fingerprint density at radius 1 is 1.35 bits per heavy atom. The van der Waals surface area contributed by atoms with Crippen LogP contribution in [0.3, 0.4) is 0 Å². The summed E-state index contributed by atoms with van der Waals surface area (Å²) >= 11 is 0. The molecule has 3 unspecified atom stereocenters. The molecule has 0 bridgehead atoms. The van der Waals surface area contributed by atoms with E-state index in [1.165, 1.54) is 51.9 Å². The van der Waals surface area contributed by atoms with Gasteiger partial charge in [-0.1, -0.05) is 6.92 Å². The molecule has 0 radical (unpaired) electrons. The van der Waals surface area contributed by atoms with Gasteiger partial charge in [0.25, 0.3) is 0 Å². The van der Waals surface area contributed by atoms with Crippen LogP contribution in [-0.2, 0) is 4.74 Å². The molecule has 17 heavy (non-hydrogen) atoms. The lowest BCUT2D eigenvalue weighted by molar-refractivity contribution is 0.158. The Morgan fingerprint density at radius 3 is 3.00 bits per heavy atom. The Bertz CT molecular complexity index is 222. The molecule has 0 aromatic rings. The molecule has 0 amide bonds. The zero-order valence-corrected chi connectivity index (χ0v) is 11.5. The van der Waals surface area contributed by atoms with E-state index in [1.54, 1.807) is 7.11 Å². The van der Waals surface area contributed by atoms with E-state index in [0.29, 0.717) is 6.04 Å². The Balaban J connectivity index is 1.70. The molecule has 2 saturated heterocycles. The predicted octanol–water partition coefficient (Wildman–Crippen LogP) is 1.73. The zero-order chi connectivity index (χ0) is 12.1. The molecule has 0 aromatic carbocycles. The highest BCUT2D eigenvalue weighted by Gasteiger charge is 2.28. The van der Waals surface area contributed by atoms with Crippen LogP contribution in [0.1, 0.15) is 32.6 Å². The number of likely N-dealkylation sites (tertiary alicyclic amines) is 1. The first-order valence-corrected chi connectivity index (χ1v) is 7.26. The van der Waals surface area contributed by atoms with Crippen LogP contribution in [-0.4, -0.2) is 50.8 Å². The van der Waals surface area contributed by atoms with Gasteiger partial charge in [-0.3, -0.25) is 0 Å². The van der Waals surface area contributed by atoms with Gasteiger partial charge in [0.1, 0.15) is 0 Å². The lowest BCUT2D eigenvalue weighted by Gasteiger charge is -2.33. The van der Waals surface area contributed by atoms with Gasteiger partial charge in [0.15, 0.2) is 0 Å². The summed E-state index contributed by atoms with van der Waals surface area (Å²) in [6.45, 7) is 8.25. The lowest BCUT2D eigenvalue weighted by atomic mass is 9.87. The minimum absolute atomic E-state index is 0.607. The summed E-state index contributed by atoms with van der Waals surface area (Å²) in [4.78, 5) is 2.61. The lowest BCUT2D eigenvalue weighted by Crippen LogP contribution is -2.36. The van der Waals surface area contributed by atoms with Crippen LogP contribution >= 0.6 is 0 Å². The van der Waals surface area contributed by atoms with Gasteiger partial charge in [-0.2, -0.15) is 0 Å². The summed E-state index contributed by atoms with van der Waals surface area (Å²) in [5.74, 6) is 1.83. The van der Waals surface area contributed by atoms with E-state index in [-0.39, 0.29) is 0 Å². The number of hydrogen-bond donors (Lipinski definition) is 1. The third-order valence-electron chi connectivity index (χ3n) is 4.40. The Kier molecular flexibility index (Phi) is 5.26. The van der Waals surface area contributed by atoms with Crippen molar-refractivity contribution in [3.63, 3.8) is 0 Å². The molecule has 0 aromatic heterocycles. The molecular weight excluding hydrogens is 212 g/mol. The van der Waals surface area contributed by atoms with E-state index < -0.39 is 0 Å². The van der Waals surface area contributed by atoms with E-state index in [4.69, 9.17) is 4.74 Å². The predicted molar refractivity (Wildman–Crippen MR) is 71.2 cm³/mol. The molecule has 100 valence electrons. The first kappa shape index (κ1) is 13.3. The first-order chi connectivity index (χ1) is 8.31. The van der Waals surface area contributed by atoms with Gasteiger partial charge in [-0.25, -0.2) is 0 Å². The summed E-state index contributed by atoms with van der Waals surface area (Å²) in [5, 5.41) is 3.58. The smallest absolute Gasteiger partial charge is 0.0615 e. The molecule has 3 atom stereocenters. The van der Waals surface area contributed by atoms with Crippen molar-refractivity contribution in [1.29, 1.82) is 0 Å². The van der Waals surface area contributed by atoms with E-state index in [0.717, 1.165) is 18.4 Å². The SMILES string of the molecule is CCN1CCCC(CC2CNC(COC)C2)C1. The molecule has 0 saturated carbocycles. The van der Waals surface area contributed by atoms with Crippen molar-refractivity contribution in [2.75, 3.05) is 39.9 Å². The molecule has 2 aliphatic rings. The van der Waals surface area contributed by atoms with Crippen molar-refractivity contribution in [1.82, 2.24) is 10.2 Å². The average Bonchev–Trinajstić information content (AvgIpc) is 2.77. The molecule has 2 fully saturated rings. The zero-order valence-electron chi connectivity index (χ0n) is 11.5. The highest BCUT2D eigenvalue weighted by atomic mass is 16.5. The minimum atomic E-state index is 0.607. The second-order valence-electron chi connectivity index (χ2n) is 5.80. The fourth-order valence-corrected chi connectivity index (χ4v) is 3.51. The van der Waals surface area contributed by atoms with E-state index in [9.17, 15) is 0 Å². The molecular formula is C14H28N2O. The second kappa shape index (κ2) is 6.72. The van der Waals surface area contributed by atoms with Crippen LogP contribution in [0, 0.1) is 11.8 Å². The number of rotatable bonds is 5. The fraction of sp³-hybridized carbons (Fsp3) is 1.00. The maximum atomic E-state index is 5.23. The minimum Gasteiger partial charge on any atom is -0.383 e. The largest absolute Gasteiger partial charge is 0.383 e. The van der Waals surface area contributed by atoms with Crippen molar-refractivity contribution >= 4 is 0 Å². The molecule has 2 aliphatic heterocycles. The first-order valence-electron chi connectivity index (χ1n) is 7.26. The fourth-order valence-electron chi connectivity index (χ4n) is 3.51. The highest BCUT2D eigenvalue weighted by Crippen LogP contribution is 2.27. The number of hydrogen-bond acceptors (Lipinski definition) is 3. The summed E-state index contributed by atoms with van der Waals surface area (Å²) in [5.41, 5.74) is 0. The number of methoxy groups -OCH3 is 1. The van der Waals surface area contributed by atoms with E-state index in [2.05, 4.69) is 17.1 Å². The number of nitrogens with zero attached hydrogens (tertiary/aromatic N) is 1. The number of piperidine rings is 1. The van der Waals surface area contributed by atoms with E-state index in [1.807, 2.05) is 0 Å². The summed E-state index contributed by atoms with van der Waals surface area (Å²) in [6.07, 6.45) is 5.59. The highest BCUT2D eigenvalue weighted by molar-refractivity contribution is 4.84. The topological polar surface area (TPSA) is 24.5 Å². The van der Waals surface area contributed by atoms with Gasteiger partial charge in [0, 0.05) is 19.7 Å². The monoisotopic (exact) mass is 240 g/mol. The van der Waals surface area contributed by atoms with Crippen molar-refractivity contribution in [2.45, 2.75) is 38.6 Å². The van der Waals surface area contributed by atoms with Gasteiger partial charge in [-0.05, 0) is 57.2 Å². The van der Waals surface area contributed by atoms with Gasteiger partial charge < -0.3 is 15.0 Å². The van der Waals surface area contributed by atoms with Crippen LogP contribution < -0.4 is 5.32 Å². The van der Waals surface area contributed by atoms with Crippen molar-refractivity contribution in [3.05, 3.63) is 0 Å². The summed E-state index contributed by atoms with van der Waals surface area (Å²) in [6, 6.07) is 0.607. The second-order valence-corrected chi connectivity index (χ2v) is 5.80. The van der Waals surface area contributed by atoms with Crippen molar-refractivity contribution in [3.8, 4) is 0 Å². The molecule has 2 rings (SSSR count). The summed E-state index contributed by atoms with van der Waals surface area (Å²) in [7, 11) is 1.80. The summed E-state index contributed by atoms with van der Waals surface area (Å²) < 4.78 is 5.23. The van der Waals surface area contributed by atoms with Crippen LogP contribution in [0.4, 0.5) is 0 Å². The average molecular weight is 240 g/mol. The Morgan fingerprint density at radius 2 is 2.24 bits per heavy atom. The van der Waals surface area contributed by atoms with Gasteiger partial charge >= 0.3 is 0 Å². The number of nitrogens with one attached hydrogen (secondary N) is 1. The molecule has 0 spiro atoms. The van der Waals surface area contributed by atoms with Crippen molar-refractivity contribution in [2.24, 2.45) is 11.8 Å². The maximum Gasteiger partial charge on any atom is 0.0615 e.